The van der Waals surface area contributed by atoms with E-state index < -0.39 is 17.2 Å². The summed E-state index contributed by atoms with van der Waals surface area (Å²) >= 11 is 2.96. The van der Waals surface area contributed by atoms with Gasteiger partial charge in [-0.1, -0.05) is 15.9 Å². The third kappa shape index (κ3) is 1.84. The van der Waals surface area contributed by atoms with Crippen molar-refractivity contribution in [3.05, 3.63) is 44.7 Å². The summed E-state index contributed by atoms with van der Waals surface area (Å²) in [5.74, 6) is 0. The number of halogens is 4. The Hall–Kier alpha value is -1.30. The van der Waals surface area contributed by atoms with E-state index in [0.29, 0.717) is 0 Å². The van der Waals surface area contributed by atoms with Crippen LogP contribution in [-0.2, 0) is 6.18 Å². The van der Waals surface area contributed by atoms with Crippen molar-refractivity contribution in [3.8, 4) is 0 Å². The summed E-state index contributed by atoms with van der Waals surface area (Å²) in [6.45, 7) is 0. The maximum absolute atomic E-state index is 12.7. The van der Waals surface area contributed by atoms with Gasteiger partial charge in [-0.05, 0) is 12.1 Å². The number of aromatic nitrogens is 1. The molecule has 2 nitrogen and oxygen atoms in total. The van der Waals surface area contributed by atoms with Crippen LogP contribution in [0.2, 0.25) is 0 Å². The Bertz CT molecular complexity index is 603. The Morgan fingerprint density at radius 3 is 2.56 bits per heavy atom. The molecule has 0 aliphatic heterocycles. The van der Waals surface area contributed by atoms with Gasteiger partial charge in [-0.3, -0.25) is 4.79 Å². The zero-order chi connectivity index (χ0) is 11.9. The first-order chi connectivity index (χ1) is 7.39. The number of rotatable bonds is 0. The summed E-state index contributed by atoms with van der Waals surface area (Å²) in [5, 5.41) is 0.0178. The highest BCUT2D eigenvalue weighted by molar-refractivity contribution is 9.10. The van der Waals surface area contributed by atoms with Crippen LogP contribution in [0.4, 0.5) is 13.2 Å². The second-order valence-corrected chi connectivity index (χ2v) is 4.13. The van der Waals surface area contributed by atoms with E-state index in [4.69, 9.17) is 0 Å². The van der Waals surface area contributed by atoms with Gasteiger partial charge in [0.2, 0.25) is 0 Å². The van der Waals surface area contributed by atoms with Gasteiger partial charge in [0.15, 0.2) is 5.43 Å². The molecule has 1 N–H and O–H groups in total. The van der Waals surface area contributed by atoms with E-state index in [1.807, 2.05) is 0 Å². The Balaban J connectivity index is 2.95. The van der Waals surface area contributed by atoms with E-state index in [0.717, 1.165) is 6.07 Å². The van der Waals surface area contributed by atoms with E-state index in [1.165, 1.54) is 18.3 Å². The molecule has 0 radical (unpaired) electrons. The van der Waals surface area contributed by atoms with Crippen molar-refractivity contribution in [3.63, 3.8) is 0 Å². The molecule has 0 bridgehead atoms. The van der Waals surface area contributed by atoms with Crippen LogP contribution in [-0.4, -0.2) is 4.98 Å². The second kappa shape index (κ2) is 3.62. The zero-order valence-electron chi connectivity index (χ0n) is 7.73. The zero-order valence-corrected chi connectivity index (χ0v) is 9.32. The van der Waals surface area contributed by atoms with Crippen LogP contribution < -0.4 is 5.43 Å². The molecule has 84 valence electrons. The first-order valence-electron chi connectivity index (χ1n) is 4.28. The Kier molecular flexibility index (Phi) is 2.53. The summed E-state index contributed by atoms with van der Waals surface area (Å²) in [6.07, 6.45) is -3.29. The molecule has 1 aromatic heterocycles. The van der Waals surface area contributed by atoms with Gasteiger partial charge in [0, 0.05) is 22.1 Å². The van der Waals surface area contributed by atoms with E-state index >= 15 is 0 Å². The van der Waals surface area contributed by atoms with Crippen molar-refractivity contribution in [2.75, 3.05) is 0 Å². The highest BCUT2D eigenvalue weighted by atomic mass is 79.9. The lowest BCUT2D eigenvalue weighted by atomic mass is 10.1. The lowest BCUT2D eigenvalue weighted by Gasteiger charge is -2.10. The molecule has 0 atom stereocenters. The summed E-state index contributed by atoms with van der Waals surface area (Å²) < 4.78 is 38.3. The molecule has 0 fully saturated rings. The standard InChI is InChI=1S/C10H5BrF3NO/c11-5-3-6-8(16)1-2-15-9(6)7(4-5)10(12,13)14/h1-4H,(H,15,16). The van der Waals surface area contributed by atoms with E-state index in [9.17, 15) is 18.0 Å². The van der Waals surface area contributed by atoms with Crippen molar-refractivity contribution in [1.82, 2.24) is 4.98 Å². The number of aromatic amines is 1. The number of fused-ring (bicyclic) bond motifs is 1. The minimum absolute atomic E-state index is 0.0178. The van der Waals surface area contributed by atoms with Gasteiger partial charge in [-0.2, -0.15) is 13.2 Å². The second-order valence-electron chi connectivity index (χ2n) is 3.22. The number of nitrogens with one attached hydrogen (secondary N) is 1. The van der Waals surface area contributed by atoms with Gasteiger partial charge in [-0.15, -0.1) is 0 Å². The largest absolute Gasteiger partial charge is 0.418 e. The molecule has 0 spiro atoms. The Labute approximate surface area is 96.2 Å². The molecule has 0 amide bonds. The number of hydrogen-bond acceptors (Lipinski definition) is 1. The van der Waals surface area contributed by atoms with Crippen molar-refractivity contribution in [1.29, 1.82) is 0 Å². The molecule has 1 aromatic carbocycles. The molecule has 2 aromatic rings. The van der Waals surface area contributed by atoms with Crippen molar-refractivity contribution < 1.29 is 13.2 Å². The first kappa shape index (κ1) is 11.2. The lowest BCUT2D eigenvalue weighted by Crippen LogP contribution is -2.10. The van der Waals surface area contributed by atoms with Crippen LogP contribution in [0.1, 0.15) is 5.56 Å². The monoisotopic (exact) mass is 291 g/mol. The topological polar surface area (TPSA) is 32.9 Å². The van der Waals surface area contributed by atoms with Crippen LogP contribution in [0.5, 0.6) is 0 Å². The van der Waals surface area contributed by atoms with Crippen molar-refractivity contribution in [2.45, 2.75) is 6.18 Å². The summed E-state index contributed by atoms with van der Waals surface area (Å²) in [5.41, 5.74) is -1.49. The maximum atomic E-state index is 12.7. The Morgan fingerprint density at radius 2 is 1.94 bits per heavy atom. The number of benzene rings is 1. The quantitative estimate of drug-likeness (QED) is 0.794. The highest BCUT2D eigenvalue weighted by Crippen LogP contribution is 2.35. The van der Waals surface area contributed by atoms with Gasteiger partial charge in [0.25, 0.3) is 0 Å². The van der Waals surface area contributed by atoms with Crippen LogP contribution >= 0.6 is 15.9 Å². The van der Waals surface area contributed by atoms with Crippen LogP contribution in [0.25, 0.3) is 10.9 Å². The van der Waals surface area contributed by atoms with E-state index in [1.54, 1.807) is 0 Å². The minimum atomic E-state index is -4.49. The molecule has 2 rings (SSSR count). The van der Waals surface area contributed by atoms with E-state index in [2.05, 4.69) is 20.9 Å². The van der Waals surface area contributed by atoms with Gasteiger partial charge in [0.05, 0.1) is 11.1 Å². The van der Waals surface area contributed by atoms with Crippen molar-refractivity contribution >= 4 is 26.8 Å². The molecule has 0 aliphatic rings. The van der Waals surface area contributed by atoms with Gasteiger partial charge >= 0.3 is 6.18 Å². The van der Waals surface area contributed by atoms with Gasteiger partial charge < -0.3 is 4.98 Å². The summed E-state index contributed by atoms with van der Waals surface area (Å²) in [4.78, 5) is 13.9. The fourth-order valence-electron chi connectivity index (χ4n) is 1.47. The molecule has 0 saturated heterocycles. The van der Waals surface area contributed by atoms with E-state index in [-0.39, 0.29) is 15.4 Å². The number of pyridine rings is 1. The van der Waals surface area contributed by atoms with Crippen molar-refractivity contribution in [2.24, 2.45) is 0 Å². The van der Waals surface area contributed by atoms with Gasteiger partial charge in [0.1, 0.15) is 0 Å². The highest BCUT2D eigenvalue weighted by Gasteiger charge is 2.33. The number of hydrogen-bond donors (Lipinski definition) is 1. The van der Waals surface area contributed by atoms with Crippen LogP contribution in [0.3, 0.4) is 0 Å². The van der Waals surface area contributed by atoms with Crippen LogP contribution in [0, 0.1) is 0 Å². The minimum Gasteiger partial charge on any atom is -0.360 e. The molecular weight excluding hydrogens is 287 g/mol. The molecule has 6 heteroatoms. The predicted octanol–water partition coefficient (Wildman–Crippen LogP) is 3.31. The fraction of sp³-hybridized carbons (Fsp3) is 0.100. The summed E-state index contributed by atoms with van der Waals surface area (Å²) in [6, 6.07) is 3.50. The third-order valence-corrected chi connectivity index (χ3v) is 2.59. The fourth-order valence-corrected chi connectivity index (χ4v) is 1.93. The van der Waals surface area contributed by atoms with Crippen LogP contribution in [0.15, 0.2) is 33.7 Å². The smallest absolute Gasteiger partial charge is 0.360 e. The molecular formula is C10H5BrF3NO. The lowest BCUT2D eigenvalue weighted by molar-refractivity contribution is -0.136. The average Bonchev–Trinajstić information content (AvgIpc) is 2.17. The number of H-pyrrole nitrogens is 1. The molecule has 0 unspecified atom stereocenters. The van der Waals surface area contributed by atoms with Gasteiger partial charge in [-0.25, -0.2) is 0 Å². The molecule has 16 heavy (non-hydrogen) atoms. The Morgan fingerprint density at radius 1 is 1.25 bits per heavy atom. The first-order valence-corrected chi connectivity index (χ1v) is 5.07. The SMILES string of the molecule is O=c1cc[nH]c2c(C(F)(F)F)cc(Br)cc12. The maximum Gasteiger partial charge on any atom is 0.418 e. The summed E-state index contributed by atoms with van der Waals surface area (Å²) in [7, 11) is 0. The molecule has 1 heterocycles. The molecule has 0 aliphatic carbocycles. The average molecular weight is 292 g/mol. The number of alkyl halides is 3. The molecule has 0 saturated carbocycles. The normalized spacial score (nSPS) is 12.0. The predicted molar refractivity (Wildman–Crippen MR) is 57.3 cm³/mol. The third-order valence-electron chi connectivity index (χ3n) is 2.14.